The number of aliphatic carboxylic acids is 1. The molecule has 2 rings (SSSR count). The number of ether oxygens (including phenoxy) is 2. The number of hydrogen-bond acceptors (Lipinski definition) is 3. The lowest BCUT2D eigenvalue weighted by molar-refractivity contribution is -0.139. The summed E-state index contributed by atoms with van der Waals surface area (Å²) in [5, 5.41) is 8.93. The molecule has 0 aliphatic heterocycles. The minimum absolute atomic E-state index is 0.128. The lowest BCUT2D eigenvalue weighted by Gasteiger charge is -2.14. The summed E-state index contributed by atoms with van der Waals surface area (Å²) in [7, 11) is 2.96. The second kappa shape index (κ2) is 5.69. The molecule has 1 aromatic rings. The van der Waals surface area contributed by atoms with Gasteiger partial charge in [-0.25, -0.2) is 4.39 Å². The molecule has 3 unspecified atom stereocenters. The van der Waals surface area contributed by atoms with Gasteiger partial charge in [-0.15, -0.1) is 0 Å². The number of carbonyl (C=O) groups is 1. The van der Waals surface area contributed by atoms with Crippen LogP contribution < -0.4 is 9.47 Å². The maximum atomic E-state index is 14.0. The number of halogens is 1. The van der Waals surface area contributed by atoms with E-state index in [2.05, 4.69) is 0 Å². The highest BCUT2D eigenvalue weighted by Crippen LogP contribution is 2.46. The molecule has 1 aliphatic rings. The SMILES string of the molecule is COc1cc(F)c(CC(C)C2CC2C(=O)O)cc1OC. The van der Waals surface area contributed by atoms with Gasteiger partial charge in [-0.3, -0.25) is 4.79 Å². The maximum Gasteiger partial charge on any atom is 0.306 e. The molecule has 0 bridgehead atoms. The number of benzene rings is 1. The molecule has 4 nitrogen and oxygen atoms in total. The molecule has 1 aromatic carbocycles. The minimum atomic E-state index is -0.755. The lowest BCUT2D eigenvalue weighted by Crippen LogP contribution is -2.09. The predicted molar refractivity (Wildman–Crippen MR) is 71.6 cm³/mol. The Hall–Kier alpha value is -1.78. The molecule has 0 saturated heterocycles. The molecule has 0 radical (unpaired) electrons. The fourth-order valence-electron chi connectivity index (χ4n) is 2.68. The zero-order chi connectivity index (χ0) is 14.9. The maximum absolute atomic E-state index is 14.0. The van der Waals surface area contributed by atoms with E-state index in [0.29, 0.717) is 29.9 Å². The number of rotatable bonds is 6. The van der Waals surface area contributed by atoms with E-state index in [0.717, 1.165) is 0 Å². The Morgan fingerprint density at radius 2 is 2.00 bits per heavy atom. The summed E-state index contributed by atoms with van der Waals surface area (Å²) in [4.78, 5) is 10.9. The smallest absolute Gasteiger partial charge is 0.306 e. The zero-order valence-corrected chi connectivity index (χ0v) is 11.9. The third-order valence-electron chi connectivity index (χ3n) is 3.98. The van der Waals surface area contributed by atoms with Crippen LogP contribution in [0, 0.1) is 23.6 Å². The van der Waals surface area contributed by atoms with Crippen LogP contribution in [0.3, 0.4) is 0 Å². The van der Waals surface area contributed by atoms with E-state index in [1.807, 2.05) is 6.92 Å². The molecule has 1 N–H and O–H groups in total. The molecular weight excluding hydrogens is 263 g/mol. The molecule has 1 fully saturated rings. The van der Waals surface area contributed by atoms with Crippen molar-refractivity contribution in [3.63, 3.8) is 0 Å². The van der Waals surface area contributed by atoms with E-state index in [1.165, 1.54) is 20.3 Å². The first-order chi connectivity index (χ1) is 9.47. The topological polar surface area (TPSA) is 55.8 Å². The van der Waals surface area contributed by atoms with E-state index < -0.39 is 5.97 Å². The summed E-state index contributed by atoms with van der Waals surface area (Å²) in [6.07, 6.45) is 1.19. The second-order valence-corrected chi connectivity index (χ2v) is 5.32. The van der Waals surface area contributed by atoms with Gasteiger partial charge >= 0.3 is 5.97 Å². The first-order valence-corrected chi connectivity index (χ1v) is 6.61. The van der Waals surface area contributed by atoms with Gasteiger partial charge in [0.1, 0.15) is 5.82 Å². The Balaban J connectivity index is 2.11. The molecule has 0 aromatic heterocycles. The zero-order valence-electron chi connectivity index (χ0n) is 11.9. The van der Waals surface area contributed by atoms with Crippen molar-refractivity contribution in [2.24, 2.45) is 17.8 Å². The van der Waals surface area contributed by atoms with Crippen molar-refractivity contribution < 1.29 is 23.8 Å². The summed E-state index contributed by atoms with van der Waals surface area (Å²) in [5.74, 6) is -0.258. The Labute approximate surface area is 117 Å². The summed E-state index contributed by atoms with van der Waals surface area (Å²) in [6, 6.07) is 2.94. The molecule has 0 amide bonds. The van der Waals surface area contributed by atoms with Crippen LogP contribution in [0.15, 0.2) is 12.1 Å². The third-order valence-corrected chi connectivity index (χ3v) is 3.98. The van der Waals surface area contributed by atoms with Gasteiger partial charge < -0.3 is 14.6 Å². The van der Waals surface area contributed by atoms with E-state index in [-0.39, 0.29) is 23.6 Å². The monoisotopic (exact) mass is 282 g/mol. The van der Waals surface area contributed by atoms with Crippen LogP contribution in [0.1, 0.15) is 18.9 Å². The predicted octanol–water partition coefficient (Wildman–Crippen LogP) is 2.74. The molecule has 5 heteroatoms. The quantitative estimate of drug-likeness (QED) is 0.871. The normalized spacial score (nSPS) is 22.2. The van der Waals surface area contributed by atoms with Crippen molar-refractivity contribution in [3.05, 3.63) is 23.5 Å². The van der Waals surface area contributed by atoms with Crippen molar-refractivity contribution in [1.82, 2.24) is 0 Å². The molecule has 110 valence electrons. The van der Waals surface area contributed by atoms with Gasteiger partial charge in [0, 0.05) is 6.07 Å². The van der Waals surface area contributed by atoms with Crippen LogP contribution in [0.4, 0.5) is 4.39 Å². The van der Waals surface area contributed by atoms with Crippen LogP contribution >= 0.6 is 0 Å². The summed E-state index contributed by atoms with van der Waals surface area (Å²) < 4.78 is 24.2. The number of methoxy groups -OCH3 is 2. The van der Waals surface area contributed by atoms with E-state index in [9.17, 15) is 9.18 Å². The summed E-state index contributed by atoms with van der Waals surface area (Å²) >= 11 is 0. The number of hydrogen-bond donors (Lipinski definition) is 1. The van der Waals surface area contributed by atoms with E-state index in [4.69, 9.17) is 14.6 Å². The molecule has 3 atom stereocenters. The first kappa shape index (κ1) is 14.6. The third kappa shape index (κ3) is 2.86. The average molecular weight is 282 g/mol. The van der Waals surface area contributed by atoms with Crippen LogP contribution in [0.25, 0.3) is 0 Å². The standard InChI is InChI=1S/C15H19FO4/c1-8(10-6-11(10)15(17)18)4-9-5-13(19-2)14(20-3)7-12(9)16/h5,7-8,10-11H,4,6H2,1-3H3,(H,17,18). The molecular formula is C15H19FO4. The largest absolute Gasteiger partial charge is 0.493 e. The van der Waals surface area contributed by atoms with Crippen LogP contribution in [0.5, 0.6) is 11.5 Å². The van der Waals surface area contributed by atoms with Crippen molar-refractivity contribution in [3.8, 4) is 11.5 Å². The van der Waals surface area contributed by atoms with Crippen molar-refractivity contribution in [1.29, 1.82) is 0 Å². The van der Waals surface area contributed by atoms with Crippen LogP contribution in [0.2, 0.25) is 0 Å². The average Bonchev–Trinajstić information content (AvgIpc) is 3.20. The highest BCUT2D eigenvalue weighted by atomic mass is 19.1. The fourth-order valence-corrected chi connectivity index (χ4v) is 2.68. The number of carboxylic acid groups (broad SMARTS) is 1. The number of carboxylic acids is 1. The minimum Gasteiger partial charge on any atom is -0.493 e. The van der Waals surface area contributed by atoms with Crippen LogP contribution in [-0.4, -0.2) is 25.3 Å². The fraction of sp³-hybridized carbons (Fsp3) is 0.533. The van der Waals surface area contributed by atoms with Gasteiger partial charge in [-0.05, 0) is 36.3 Å². The van der Waals surface area contributed by atoms with Crippen molar-refractivity contribution >= 4 is 5.97 Å². The van der Waals surface area contributed by atoms with E-state index in [1.54, 1.807) is 6.07 Å². The Morgan fingerprint density at radius 3 is 2.50 bits per heavy atom. The molecule has 1 saturated carbocycles. The first-order valence-electron chi connectivity index (χ1n) is 6.61. The van der Waals surface area contributed by atoms with Gasteiger partial charge in [0.2, 0.25) is 0 Å². The molecule has 20 heavy (non-hydrogen) atoms. The highest BCUT2D eigenvalue weighted by molar-refractivity contribution is 5.73. The van der Waals surface area contributed by atoms with Crippen molar-refractivity contribution in [2.75, 3.05) is 14.2 Å². The lowest BCUT2D eigenvalue weighted by atomic mass is 9.95. The van der Waals surface area contributed by atoms with Gasteiger partial charge in [0.15, 0.2) is 11.5 Å². The summed E-state index contributed by atoms with van der Waals surface area (Å²) in [5.41, 5.74) is 0.534. The van der Waals surface area contributed by atoms with E-state index >= 15 is 0 Å². The van der Waals surface area contributed by atoms with Gasteiger partial charge in [-0.2, -0.15) is 0 Å². The molecule has 1 aliphatic carbocycles. The summed E-state index contributed by atoms with van der Waals surface area (Å²) in [6.45, 7) is 1.96. The van der Waals surface area contributed by atoms with Gasteiger partial charge in [0.05, 0.1) is 20.1 Å². The van der Waals surface area contributed by atoms with Crippen LogP contribution in [-0.2, 0) is 11.2 Å². The Kier molecular flexibility index (Phi) is 4.16. The Bertz CT molecular complexity index is 515. The van der Waals surface area contributed by atoms with Gasteiger partial charge in [-0.1, -0.05) is 6.92 Å². The van der Waals surface area contributed by atoms with Crippen molar-refractivity contribution in [2.45, 2.75) is 19.8 Å². The molecule has 0 spiro atoms. The Morgan fingerprint density at radius 1 is 1.40 bits per heavy atom. The van der Waals surface area contributed by atoms with Gasteiger partial charge in [0.25, 0.3) is 0 Å². The highest BCUT2D eigenvalue weighted by Gasteiger charge is 2.46. The molecule has 0 heterocycles. The second-order valence-electron chi connectivity index (χ2n) is 5.32.